The number of carbonyl (C=O) groups is 1. The lowest BCUT2D eigenvalue weighted by atomic mass is 9.76. The largest absolute Gasteiger partial charge is 0.334 e. The summed E-state index contributed by atoms with van der Waals surface area (Å²) in [6.45, 7) is 6.40. The molecular weight excluding hydrogens is 186 g/mol. The second-order valence-electron chi connectivity index (χ2n) is 5.68. The van der Waals surface area contributed by atoms with E-state index in [1.807, 2.05) is 0 Å². The average Bonchev–Trinajstić information content (AvgIpc) is 2.07. The van der Waals surface area contributed by atoms with Crippen LogP contribution >= 0.6 is 0 Å². The van der Waals surface area contributed by atoms with E-state index in [0.717, 1.165) is 25.7 Å². The summed E-state index contributed by atoms with van der Waals surface area (Å²) < 4.78 is 0. The van der Waals surface area contributed by atoms with Gasteiger partial charge in [0.25, 0.3) is 0 Å². The van der Waals surface area contributed by atoms with Crippen LogP contribution in [0.3, 0.4) is 0 Å². The van der Waals surface area contributed by atoms with Crippen LogP contribution in [-0.2, 0) is 4.79 Å². The van der Waals surface area contributed by atoms with Crippen LogP contribution < -0.4 is 0 Å². The number of amides is 1. The first kappa shape index (κ1) is 10.7. The SMILES string of the molecule is CC(C)(C)N1C(=O)C2CC/C=C/CCC21. The van der Waals surface area contributed by atoms with E-state index in [-0.39, 0.29) is 5.54 Å². The predicted molar refractivity (Wildman–Crippen MR) is 61.5 cm³/mol. The molecule has 0 aromatic rings. The Kier molecular flexibility index (Phi) is 2.61. The van der Waals surface area contributed by atoms with Gasteiger partial charge in [-0.05, 0) is 46.5 Å². The Balaban J connectivity index is 2.12. The fraction of sp³-hybridized carbons (Fsp3) is 0.769. The summed E-state index contributed by atoms with van der Waals surface area (Å²) in [5.74, 6) is 0.692. The molecule has 0 spiro atoms. The second kappa shape index (κ2) is 3.66. The standard InChI is InChI=1S/C13H21NO/c1-13(2,3)14-11-9-7-5-4-6-8-10(11)12(14)15/h4-5,10-11H,6-9H2,1-3H3/b5-4+. The van der Waals surface area contributed by atoms with Crippen molar-refractivity contribution in [2.75, 3.05) is 0 Å². The quantitative estimate of drug-likeness (QED) is 0.442. The van der Waals surface area contributed by atoms with Crippen molar-refractivity contribution in [3.05, 3.63) is 12.2 Å². The molecule has 2 unspecified atom stereocenters. The summed E-state index contributed by atoms with van der Waals surface area (Å²) >= 11 is 0. The van der Waals surface area contributed by atoms with Crippen molar-refractivity contribution in [3.63, 3.8) is 0 Å². The van der Waals surface area contributed by atoms with Crippen molar-refractivity contribution >= 4 is 5.91 Å². The third-order valence-corrected chi connectivity index (χ3v) is 3.51. The van der Waals surface area contributed by atoms with Gasteiger partial charge in [-0.25, -0.2) is 0 Å². The predicted octanol–water partition coefficient (Wildman–Crippen LogP) is 2.74. The summed E-state index contributed by atoms with van der Waals surface area (Å²) in [7, 11) is 0. The Hall–Kier alpha value is -0.790. The number of fused-ring (bicyclic) bond motifs is 1. The first-order valence-corrected chi connectivity index (χ1v) is 6.00. The third kappa shape index (κ3) is 1.82. The molecule has 1 aliphatic carbocycles. The Bertz CT molecular complexity index is 287. The van der Waals surface area contributed by atoms with E-state index in [1.165, 1.54) is 0 Å². The molecule has 1 heterocycles. The maximum Gasteiger partial charge on any atom is 0.228 e. The first-order valence-electron chi connectivity index (χ1n) is 6.00. The van der Waals surface area contributed by atoms with Gasteiger partial charge in [-0.15, -0.1) is 0 Å². The van der Waals surface area contributed by atoms with Crippen LogP contribution in [0.2, 0.25) is 0 Å². The number of hydrogen-bond donors (Lipinski definition) is 0. The van der Waals surface area contributed by atoms with Gasteiger partial charge >= 0.3 is 0 Å². The maximum absolute atomic E-state index is 12.0. The van der Waals surface area contributed by atoms with E-state index < -0.39 is 0 Å². The van der Waals surface area contributed by atoms with E-state index in [2.05, 4.69) is 37.8 Å². The van der Waals surface area contributed by atoms with Gasteiger partial charge in [0.05, 0.1) is 5.92 Å². The molecule has 2 rings (SSSR count). The van der Waals surface area contributed by atoms with Crippen LogP contribution in [0.1, 0.15) is 46.5 Å². The number of nitrogens with zero attached hydrogens (tertiary/aromatic N) is 1. The van der Waals surface area contributed by atoms with E-state index in [0.29, 0.717) is 17.9 Å². The number of allylic oxidation sites excluding steroid dienone is 2. The lowest BCUT2D eigenvalue weighted by molar-refractivity contribution is -0.167. The van der Waals surface area contributed by atoms with Crippen molar-refractivity contribution < 1.29 is 4.79 Å². The Morgan fingerprint density at radius 1 is 1.20 bits per heavy atom. The maximum atomic E-state index is 12.0. The number of rotatable bonds is 0. The highest BCUT2D eigenvalue weighted by Gasteiger charge is 2.50. The third-order valence-electron chi connectivity index (χ3n) is 3.51. The molecule has 15 heavy (non-hydrogen) atoms. The van der Waals surface area contributed by atoms with Gasteiger partial charge < -0.3 is 4.90 Å². The van der Waals surface area contributed by atoms with E-state index in [9.17, 15) is 4.79 Å². The van der Waals surface area contributed by atoms with E-state index in [4.69, 9.17) is 0 Å². The minimum absolute atomic E-state index is 0.00115. The molecular formula is C13H21NO. The topological polar surface area (TPSA) is 20.3 Å². The van der Waals surface area contributed by atoms with Gasteiger partial charge in [-0.1, -0.05) is 12.2 Å². The zero-order chi connectivity index (χ0) is 11.1. The van der Waals surface area contributed by atoms with Crippen LogP contribution in [0.5, 0.6) is 0 Å². The fourth-order valence-corrected chi connectivity index (χ4v) is 2.86. The molecule has 84 valence electrons. The Morgan fingerprint density at radius 2 is 1.80 bits per heavy atom. The molecule has 2 nitrogen and oxygen atoms in total. The van der Waals surface area contributed by atoms with Crippen molar-refractivity contribution in [1.82, 2.24) is 4.90 Å². The molecule has 1 amide bonds. The van der Waals surface area contributed by atoms with Crippen molar-refractivity contribution in [2.24, 2.45) is 5.92 Å². The molecule has 0 saturated carbocycles. The first-order chi connectivity index (χ1) is 7.02. The summed E-state index contributed by atoms with van der Waals surface area (Å²) in [6.07, 6.45) is 8.88. The number of likely N-dealkylation sites (tertiary alicyclic amines) is 1. The van der Waals surface area contributed by atoms with Gasteiger partial charge in [0.1, 0.15) is 0 Å². The summed E-state index contributed by atoms with van der Waals surface area (Å²) in [5, 5.41) is 0. The van der Waals surface area contributed by atoms with Crippen LogP contribution in [-0.4, -0.2) is 22.4 Å². The Morgan fingerprint density at radius 3 is 2.40 bits per heavy atom. The van der Waals surface area contributed by atoms with Crippen LogP contribution in [0.4, 0.5) is 0 Å². The molecule has 0 aromatic heterocycles. The molecule has 2 atom stereocenters. The van der Waals surface area contributed by atoms with Crippen molar-refractivity contribution in [3.8, 4) is 0 Å². The smallest absolute Gasteiger partial charge is 0.228 e. The molecule has 1 saturated heterocycles. The highest BCUT2D eigenvalue weighted by atomic mass is 16.2. The number of β-lactam (4-membered cyclic amide) rings is 1. The van der Waals surface area contributed by atoms with Crippen LogP contribution in [0, 0.1) is 5.92 Å². The van der Waals surface area contributed by atoms with Gasteiger partial charge in [0.15, 0.2) is 0 Å². The average molecular weight is 207 g/mol. The minimum atomic E-state index is 0.00115. The van der Waals surface area contributed by atoms with Gasteiger partial charge in [-0.2, -0.15) is 0 Å². The van der Waals surface area contributed by atoms with Crippen LogP contribution in [0.15, 0.2) is 12.2 Å². The second-order valence-corrected chi connectivity index (χ2v) is 5.68. The normalized spacial score (nSPS) is 33.8. The van der Waals surface area contributed by atoms with E-state index >= 15 is 0 Å². The van der Waals surface area contributed by atoms with Gasteiger partial charge in [-0.3, -0.25) is 4.79 Å². The van der Waals surface area contributed by atoms with E-state index in [1.54, 1.807) is 0 Å². The van der Waals surface area contributed by atoms with Crippen molar-refractivity contribution in [2.45, 2.75) is 58.0 Å². The summed E-state index contributed by atoms with van der Waals surface area (Å²) in [6, 6.07) is 0.502. The lowest BCUT2D eigenvalue weighted by Gasteiger charge is -2.54. The van der Waals surface area contributed by atoms with Crippen molar-refractivity contribution in [1.29, 1.82) is 0 Å². The zero-order valence-corrected chi connectivity index (χ0v) is 9.99. The molecule has 0 N–H and O–H groups in total. The monoisotopic (exact) mass is 207 g/mol. The van der Waals surface area contributed by atoms with Gasteiger partial charge in [0, 0.05) is 11.6 Å². The zero-order valence-electron chi connectivity index (χ0n) is 9.99. The molecule has 2 heteroatoms. The molecule has 1 fully saturated rings. The highest BCUT2D eigenvalue weighted by molar-refractivity contribution is 5.86. The molecule has 1 aliphatic heterocycles. The molecule has 0 radical (unpaired) electrons. The number of carbonyl (C=O) groups excluding carboxylic acids is 1. The fourth-order valence-electron chi connectivity index (χ4n) is 2.86. The molecule has 0 bridgehead atoms. The van der Waals surface area contributed by atoms with Gasteiger partial charge in [0.2, 0.25) is 5.91 Å². The number of hydrogen-bond acceptors (Lipinski definition) is 1. The summed E-state index contributed by atoms with van der Waals surface area (Å²) in [5.41, 5.74) is 0.00115. The Labute approximate surface area is 92.3 Å². The minimum Gasteiger partial charge on any atom is -0.334 e. The lowest BCUT2D eigenvalue weighted by Crippen LogP contribution is -2.67. The summed E-state index contributed by atoms with van der Waals surface area (Å²) in [4.78, 5) is 14.1. The molecule has 2 aliphatic rings. The molecule has 0 aromatic carbocycles. The highest BCUT2D eigenvalue weighted by Crippen LogP contribution is 2.39. The van der Waals surface area contributed by atoms with Crippen LogP contribution in [0.25, 0.3) is 0 Å².